The number of hydrogen-bond acceptors (Lipinski definition) is 3. The number of aryl methyl sites for hydroxylation is 2. The third-order valence-electron chi connectivity index (χ3n) is 2.65. The van der Waals surface area contributed by atoms with Crippen molar-refractivity contribution < 1.29 is 9.53 Å². The Morgan fingerprint density at radius 3 is 2.79 bits per heavy atom. The van der Waals surface area contributed by atoms with Crippen LogP contribution in [0.2, 0.25) is 0 Å². The van der Waals surface area contributed by atoms with Crippen LogP contribution in [-0.2, 0) is 7.05 Å². The van der Waals surface area contributed by atoms with E-state index in [-0.39, 0.29) is 5.91 Å². The molecule has 1 aromatic heterocycles. The van der Waals surface area contributed by atoms with Crippen LogP contribution in [0.25, 0.3) is 0 Å². The Balaban J connectivity index is 2.22. The van der Waals surface area contributed by atoms with Gasteiger partial charge in [0.15, 0.2) is 5.82 Å². The Morgan fingerprint density at radius 1 is 1.42 bits per heavy atom. The number of ether oxygens (including phenoxy) is 1. The third kappa shape index (κ3) is 2.96. The molecule has 0 atom stereocenters. The number of aromatic nitrogens is 2. The summed E-state index contributed by atoms with van der Waals surface area (Å²) in [5.74, 6) is 0.827. The van der Waals surface area contributed by atoms with E-state index in [1.807, 2.05) is 25.1 Å². The highest BCUT2D eigenvalue weighted by molar-refractivity contribution is 9.10. The lowest BCUT2D eigenvalue weighted by molar-refractivity contribution is 0.102. The van der Waals surface area contributed by atoms with Gasteiger partial charge in [0, 0.05) is 17.6 Å². The topological polar surface area (TPSA) is 56.1 Å². The molecule has 1 heterocycles. The summed E-state index contributed by atoms with van der Waals surface area (Å²) < 4.78 is 7.40. The quantitative estimate of drug-likeness (QED) is 0.944. The van der Waals surface area contributed by atoms with Crippen molar-refractivity contribution in [2.45, 2.75) is 6.92 Å². The minimum atomic E-state index is -0.212. The average Bonchev–Trinajstić information content (AvgIpc) is 2.72. The van der Waals surface area contributed by atoms with Crippen LogP contribution in [0.1, 0.15) is 15.9 Å². The Hall–Kier alpha value is -1.82. The maximum absolute atomic E-state index is 12.2. The summed E-state index contributed by atoms with van der Waals surface area (Å²) in [6.07, 6.45) is 0. The van der Waals surface area contributed by atoms with Gasteiger partial charge in [-0.05, 0) is 35.0 Å². The normalized spacial score (nSPS) is 10.3. The van der Waals surface area contributed by atoms with Crippen molar-refractivity contribution in [2.75, 3.05) is 12.4 Å². The Morgan fingerprint density at radius 2 is 2.16 bits per heavy atom. The molecule has 1 amide bonds. The number of halogens is 1. The van der Waals surface area contributed by atoms with Crippen LogP contribution in [0.15, 0.2) is 28.7 Å². The van der Waals surface area contributed by atoms with Gasteiger partial charge in [-0.3, -0.25) is 4.79 Å². The second-order valence-corrected chi connectivity index (χ2v) is 4.99. The van der Waals surface area contributed by atoms with Crippen LogP contribution in [0.5, 0.6) is 5.88 Å². The fourth-order valence-corrected chi connectivity index (χ4v) is 2.13. The van der Waals surface area contributed by atoms with Crippen LogP contribution in [-0.4, -0.2) is 22.8 Å². The molecule has 5 nitrogen and oxygen atoms in total. The highest BCUT2D eigenvalue weighted by Gasteiger charge is 2.13. The number of methoxy groups -OCH3 is 1. The number of amides is 1. The largest absolute Gasteiger partial charge is 0.481 e. The monoisotopic (exact) mass is 323 g/mol. The smallest absolute Gasteiger partial charge is 0.258 e. The van der Waals surface area contributed by atoms with Gasteiger partial charge in [-0.1, -0.05) is 11.6 Å². The molecular weight excluding hydrogens is 310 g/mol. The zero-order valence-corrected chi connectivity index (χ0v) is 12.5. The van der Waals surface area contributed by atoms with Gasteiger partial charge in [-0.15, -0.1) is 0 Å². The van der Waals surface area contributed by atoms with Gasteiger partial charge >= 0.3 is 0 Å². The van der Waals surface area contributed by atoms with E-state index >= 15 is 0 Å². The summed E-state index contributed by atoms with van der Waals surface area (Å²) in [6, 6.07) is 7.27. The number of nitrogens with one attached hydrogen (secondary N) is 1. The summed E-state index contributed by atoms with van der Waals surface area (Å²) in [5.41, 5.74) is 1.59. The molecule has 0 fully saturated rings. The van der Waals surface area contributed by atoms with Crippen molar-refractivity contribution in [1.29, 1.82) is 0 Å². The molecule has 0 bridgehead atoms. The number of nitrogens with zero attached hydrogens (tertiary/aromatic N) is 2. The minimum absolute atomic E-state index is 0.212. The minimum Gasteiger partial charge on any atom is -0.481 e. The SMILES string of the molecule is COc1cc(NC(=O)c2cc(C)ccc2Br)nn1C. The second kappa shape index (κ2) is 5.44. The van der Waals surface area contributed by atoms with Crippen molar-refractivity contribution in [3.05, 3.63) is 39.9 Å². The first-order valence-corrected chi connectivity index (χ1v) is 6.46. The summed E-state index contributed by atoms with van der Waals surface area (Å²) in [4.78, 5) is 12.2. The van der Waals surface area contributed by atoms with E-state index in [1.165, 1.54) is 0 Å². The van der Waals surface area contributed by atoms with E-state index < -0.39 is 0 Å². The lowest BCUT2D eigenvalue weighted by atomic mass is 10.1. The van der Waals surface area contributed by atoms with E-state index in [0.717, 1.165) is 10.0 Å². The fourth-order valence-electron chi connectivity index (χ4n) is 1.70. The van der Waals surface area contributed by atoms with Crippen molar-refractivity contribution in [1.82, 2.24) is 9.78 Å². The maximum atomic E-state index is 12.2. The molecular formula is C13H14BrN3O2. The Bertz CT molecular complexity index is 622. The summed E-state index contributed by atoms with van der Waals surface area (Å²) >= 11 is 3.37. The number of anilines is 1. The standard InChI is InChI=1S/C13H14BrN3O2/c1-8-4-5-10(14)9(6-8)13(18)15-11-7-12(19-3)17(2)16-11/h4-7H,1-3H3,(H,15,16,18). The lowest BCUT2D eigenvalue weighted by Gasteiger charge is -2.05. The Labute approximate surface area is 119 Å². The molecule has 0 unspecified atom stereocenters. The number of rotatable bonds is 3. The first-order chi connectivity index (χ1) is 9.01. The van der Waals surface area contributed by atoms with Crippen molar-refractivity contribution in [2.24, 2.45) is 7.05 Å². The molecule has 1 aromatic carbocycles. The van der Waals surface area contributed by atoms with E-state index in [9.17, 15) is 4.79 Å². The highest BCUT2D eigenvalue weighted by Crippen LogP contribution is 2.21. The zero-order valence-electron chi connectivity index (χ0n) is 10.9. The lowest BCUT2D eigenvalue weighted by Crippen LogP contribution is -2.13. The molecule has 0 radical (unpaired) electrons. The van der Waals surface area contributed by atoms with Gasteiger partial charge in [0.25, 0.3) is 5.91 Å². The first-order valence-electron chi connectivity index (χ1n) is 5.67. The molecule has 0 aliphatic heterocycles. The summed E-state index contributed by atoms with van der Waals surface area (Å²) in [7, 11) is 3.30. The fraction of sp³-hybridized carbons (Fsp3) is 0.231. The van der Waals surface area contributed by atoms with E-state index in [4.69, 9.17) is 4.74 Å². The van der Waals surface area contributed by atoms with Gasteiger partial charge in [0.1, 0.15) is 0 Å². The molecule has 19 heavy (non-hydrogen) atoms. The van der Waals surface area contributed by atoms with Gasteiger partial charge in [-0.2, -0.15) is 5.10 Å². The van der Waals surface area contributed by atoms with Gasteiger partial charge in [0.2, 0.25) is 5.88 Å². The number of hydrogen-bond donors (Lipinski definition) is 1. The molecule has 6 heteroatoms. The van der Waals surface area contributed by atoms with Crippen LogP contribution >= 0.6 is 15.9 Å². The molecule has 2 aromatic rings. The molecule has 0 saturated heterocycles. The predicted octanol–water partition coefficient (Wildman–Crippen LogP) is 2.75. The number of carbonyl (C=O) groups excluding carboxylic acids is 1. The summed E-state index contributed by atoms with van der Waals surface area (Å²) in [5, 5.41) is 6.88. The molecule has 0 saturated carbocycles. The molecule has 0 spiro atoms. The summed E-state index contributed by atoms with van der Waals surface area (Å²) in [6.45, 7) is 1.94. The van der Waals surface area contributed by atoms with Crippen LogP contribution in [0.4, 0.5) is 5.82 Å². The number of benzene rings is 1. The van der Waals surface area contributed by atoms with E-state index in [0.29, 0.717) is 17.3 Å². The van der Waals surface area contributed by atoms with Gasteiger partial charge < -0.3 is 10.1 Å². The molecule has 1 N–H and O–H groups in total. The van der Waals surface area contributed by atoms with Crippen LogP contribution in [0, 0.1) is 6.92 Å². The van der Waals surface area contributed by atoms with E-state index in [2.05, 4.69) is 26.3 Å². The predicted molar refractivity (Wildman–Crippen MR) is 76.6 cm³/mol. The highest BCUT2D eigenvalue weighted by atomic mass is 79.9. The van der Waals surface area contributed by atoms with Crippen molar-refractivity contribution in [3.63, 3.8) is 0 Å². The first kappa shape index (κ1) is 13.6. The van der Waals surface area contributed by atoms with E-state index in [1.54, 1.807) is 24.9 Å². The van der Waals surface area contributed by atoms with Crippen molar-refractivity contribution >= 4 is 27.7 Å². The molecule has 100 valence electrons. The van der Waals surface area contributed by atoms with Gasteiger partial charge in [0.05, 0.1) is 12.7 Å². The molecule has 0 aliphatic carbocycles. The van der Waals surface area contributed by atoms with Gasteiger partial charge in [-0.25, -0.2) is 4.68 Å². The second-order valence-electron chi connectivity index (χ2n) is 4.13. The molecule has 0 aliphatic rings. The Kier molecular flexibility index (Phi) is 3.90. The van der Waals surface area contributed by atoms with Crippen LogP contribution < -0.4 is 10.1 Å². The maximum Gasteiger partial charge on any atom is 0.258 e. The number of carbonyl (C=O) groups is 1. The third-order valence-corrected chi connectivity index (χ3v) is 3.35. The van der Waals surface area contributed by atoms with Crippen LogP contribution in [0.3, 0.4) is 0 Å². The molecule has 2 rings (SSSR count). The average molecular weight is 324 g/mol. The zero-order chi connectivity index (χ0) is 14.0. The van der Waals surface area contributed by atoms with Crippen molar-refractivity contribution in [3.8, 4) is 5.88 Å².